The maximum atomic E-state index is 10.9. The number of aromatic nitrogens is 2. The number of nitrogens with zero attached hydrogens (tertiary/aromatic N) is 2. The zero-order valence-corrected chi connectivity index (χ0v) is 11.8. The summed E-state index contributed by atoms with van der Waals surface area (Å²) in [6, 6.07) is -0.932. The summed E-state index contributed by atoms with van der Waals surface area (Å²) in [7, 11) is 0. The average Bonchev–Trinajstić information content (AvgIpc) is 2.74. The van der Waals surface area contributed by atoms with E-state index in [1.165, 1.54) is 11.8 Å². The van der Waals surface area contributed by atoms with Crippen molar-refractivity contribution in [3.05, 3.63) is 11.7 Å². The third-order valence-corrected chi connectivity index (χ3v) is 3.97. The summed E-state index contributed by atoms with van der Waals surface area (Å²) in [5.74, 6) is 0.804. The van der Waals surface area contributed by atoms with E-state index in [-0.39, 0.29) is 5.92 Å². The standard InChI is InChI=1S/C11H19N3O3S/c1-6(2)9-13-7(14-17-9)5-18-11(3,4)8(12)10(15)16/h6,8H,5,12H2,1-4H3,(H,15,16)/t8-/m0/s1. The maximum Gasteiger partial charge on any atom is 0.321 e. The molecule has 0 saturated carbocycles. The first kappa shape index (κ1) is 15.0. The molecule has 1 rings (SSSR count). The van der Waals surface area contributed by atoms with E-state index < -0.39 is 16.8 Å². The molecule has 0 saturated heterocycles. The van der Waals surface area contributed by atoms with Gasteiger partial charge in [-0.2, -0.15) is 4.98 Å². The lowest BCUT2D eigenvalue weighted by atomic mass is 10.1. The molecule has 0 aromatic carbocycles. The van der Waals surface area contributed by atoms with Gasteiger partial charge >= 0.3 is 5.97 Å². The summed E-state index contributed by atoms with van der Waals surface area (Å²) >= 11 is 1.40. The molecular formula is C11H19N3O3S. The van der Waals surface area contributed by atoms with Crippen molar-refractivity contribution in [3.8, 4) is 0 Å². The molecule has 0 aliphatic heterocycles. The van der Waals surface area contributed by atoms with Crippen LogP contribution in [0.5, 0.6) is 0 Å². The van der Waals surface area contributed by atoms with Gasteiger partial charge in [0.15, 0.2) is 5.82 Å². The minimum Gasteiger partial charge on any atom is -0.480 e. The number of carbonyl (C=O) groups is 1. The third-order valence-electron chi connectivity index (χ3n) is 2.57. The smallest absolute Gasteiger partial charge is 0.321 e. The Kier molecular flexibility index (Phi) is 4.75. The lowest BCUT2D eigenvalue weighted by Crippen LogP contribution is -2.46. The molecule has 0 aliphatic carbocycles. The number of carboxylic acids is 1. The predicted octanol–water partition coefficient (Wildman–Crippen LogP) is 1.62. The van der Waals surface area contributed by atoms with Crippen LogP contribution in [0.4, 0.5) is 0 Å². The van der Waals surface area contributed by atoms with Gasteiger partial charge in [0.05, 0.1) is 5.75 Å². The number of rotatable bonds is 6. The fourth-order valence-electron chi connectivity index (χ4n) is 1.20. The molecule has 1 aromatic rings. The van der Waals surface area contributed by atoms with E-state index in [2.05, 4.69) is 10.1 Å². The molecule has 0 amide bonds. The summed E-state index contributed by atoms with van der Waals surface area (Å²) < 4.78 is 4.48. The van der Waals surface area contributed by atoms with Crippen molar-refractivity contribution in [1.29, 1.82) is 0 Å². The van der Waals surface area contributed by atoms with E-state index in [4.69, 9.17) is 15.4 Å². The van der Waals surface area contributed by atoms with Gasteiger partial charge in [-0.25, -0.2) is 0 Å². The highest BCUT2D eigenvalue weighted by atomic mass is 32.2. The second-order valence-corrected chi connectivity index (χ2v) is 6.54. The number of hydrogen-bond acceptors (Lipinski definition) is 6. The molecule has 102 valence electrons. The molecule has 7 heteroatoms. The van der Waals surface area contributed by atoms with Crippen molar-refractivity contribution >= 4 is 17.7 Å². The highest BCUT2D eigenvalue weighted by molar-refractivity contribution is 7.99. The van der Waals surface area contributed by atoms with Crippen LogP contribution in [0, 0.1) is 0 Å². The summed E-state index contributed by atoms with van der Waals surface area (Å²) in [5.41, 5.74) is 5.63. The molecule has 0 radical (unpaired) electrons. The van der Waals surface area contributed by atoms with Crippen molar-refractivity contribution < 1.29 is 14.4 Å². The first-order valence-corrected chi connectivity index (χ1v) is 6.67. The minimum absolute atomic E-state index is 0.186. The quantitative estimate of drug-likeness (QED) is 0.811. The van der Waals surface area contributed by atoms with Crippen LogP contribution in [-0.2, 0) is 10.5 Å². The molecule has 1 atom stereocenters. The largest absolute Gasteiger partial charge is 0.480 e. The Morgan fingerprint density at radius 1 is 1.56 bits per heavy atom. The van der Waals surface area contributed by atoms with Crippen molar-refractivity contribution in [2.24, 2.45) is 5.73 Å². The fourth-order valence-corrected chi connectivity index (χ4v) is 2.10. The lowest BCUT2D eigenvalue weighted by Gasteiger charge is -2.27. The van der Waals surface area contributed by atoms with Gasteiger partial charge in [-0.05, 0) is 13.8 Å². The minimum atomic E-state index is -1.01. The Bertz CT molecular complexity index is 417. The molecule has 1 aromatic heterocycles. The van der Waals surface area contributed by atoms with Crippen molar-refractivity contribution in [1.82, 2.24) is 10.1 Å². The second kappa shape index (κ2) is 5.71. The Labute approximate surface area is 110 Å². The second-order valence-electron chi connectivity index (χ2n) is 4.91. The summed E-state index contributed by atoms with van der Waals surface area (Å²) in [6.07, 6.45) is 0. The maximum absolute atomic E-state index is 10.9. The van der Waals surface area contributed by atoms with Gasteiger partial charge in [0.25, 0.3) is 0 Å². The molecule has 0 spiro atoms. The van der Waals surface area contributed by atoms with E-state index in [9.17, 15) is 4.79 Å². The molecule has 18 heavy (non-hydrogen) atoms. The Morgan fingerprint density at radius 2 is 2.17 bits per heavy atom. The number of thioether (sulfide) groups is 1. The van der Waals surface area contributed by atoms with E-state index in [0.29, 0.717) is 17.5 Å². The third kappa shape index (κ3) is 3.71. The van der Waals surface area contributed by atoms with Gasteiger partial charge in [0, 0.05) is 10.7 Å². The average molecular weight is 273 g/mol. The van der Waals surface area contributed by atoms with Gasteiger partial charge in [0.1, 0.15) is 6.04 Å². The lowest BCUT2D eigenvalue weighted by molar-refractivity contribution is -0.139. The topological polar surface area (TPSA) is 102 Å². The van der Waals surface area contributed by atoms with E-state index in [1.807, 2.05) is 13.8 Å². The number of nitrogens with two attached hydrogens (primary N) is 1. The highest BCUT2D eigenvalue weighted by Crippen LogP contribution is 2.30. The normalized spacial score (nSPS) is 13.9. The zero-order valence-electron chi connectivity index (χ0n) is 11.0. The fraction of sp³-hybridized carbons (Fsp3) is 0.727. The Balaban J connectivity index is 2.61. The summed E-state index contributed by atoms with van der Waals surface area (Å²) in [5, 5.41) is 12.8. The first-order chi connectivity index (χ1) is 8.24. The van der Waals surface area contributed by atoms with Gasteiger partial charge in [0.2, 0.25) is 5.89 Å². The van der Waals surface area contributed by atoms with Crippen LogP contribution < -0.4 is 5.73 Å². The Morgan fingerprint density at radius 3 is 2.61 bits per heavy atom. The van der Waals surface area contributed by atoms with Crippen LogP contribution in [0.25, 0.3) is 0 Å². The van der Waals surface area contributed by atoms with Crippen LogP contribution in [0.2, 0.25) is 0 Å². The van der Waals surface area contributed by atoms with E-state index in [0.717, 1.165) is 0 Å². The number of hydrogen-bond donors (Lipinski definition) is 2. The number of aliphatic carboxylic acids is 1. The molecule has 0 fully saturated rings. The van der Waals surface area contributed by atoms with Crippen LogP contribution in [0.15, 0.2) is 4.52 Å². The van der Waals surface area contributed by atoms with Crippen molar-refractivity contribution in [2.45, 2.75) is 50.2 Å². The summed E-state index contributed by atoms with van der Waals surface area (Å²) in [4.78, 5) is 15.1. The molecular weight excluding hydrogens is 254 g/mol. The van der Waals surface area contributed by atoms with Crippen LogP contribution in [-0.4, -0.2) is 32.0 Å². The SMILES string of the molecule is CC(C)c1nc(CSC(C)(C)[C@@H](N)C(=O)O)no1. The predicted molar refractivity (Wildman–Crippen MR) is 69.4 cm³/mol. The Hall–Kier alpha value is -1.08. The van der Waals surface area contributed by atoms with Crippen molar-refractivity contribution in [3.63, 3.8) is 0 Å². The van der Waals surface area contributed by atoms with Gasteiger partial charge in [-0.3, -0.25) is 4.79 Å². The van der Waals surface area contributed by atoms with Gasteiger partial charge in [-0.1, -0.05) is 19.0 Å². The van der Waals surface area contributed by atoms with Crippen molar-refractivity contribution in [2.75, 3.05) is 0 Å². The summed E-state index contributed by atoms with van der Waals surface area (Å²) in [6.45, 7) is 7.52. The van der Waals surface area contributed by atoms with E-state index >= 15 is 0 Å². The first-order valence-electron chi connectivity index (χ1n) is 5.69. The van der Waals surface area contributed by atoms with Crippen LogP contribution in [0.1, 0.15) is 45.3 Å². The van der Waals surface area contributed by atoms with Crippen LogP contribution >= 0.6 is 11.8 Å². The van der Waals surface area contributed by atoms with Gasteiger partial charge < -0.3 is 15.4 Å². The zero-order chi connectivity index (χ0) is 13.9. The van der Waals surface area contributed by atoms with E-state index in [1.54, 1.807) is 13.8 Å². The molecule has 0 aliphatic rings. The highest BCUT2D eigenvalue weighted by Gasteiger charge is 2.33. The molecule has 3 N–H and O–H groups in total. The van der Waals surface area contributed by atoms with Gasteiger partial charge in [-0.15, -0.1) is 11.8 Å². The molecule has 0 bridgehead atoms. The number of carboxylic acid groups (broad SMARTS) is 1. The molecule has 1 heterocycles. The molecule has 0 unspecified atom stereocenters. The van der Waals surface area contributed by atoms with Crippen LogP contribution in [0.3, 0.4) is 0 Å². The molecule has 6 nitrogen and oxygen atoms in total. The monoisotopic (exact) mass is 273 g/mol.